The fourth-order valence-electron chi connectivity index (χ4n) is 6.76. The second-order valence-electron chi connectivity index (χ2n) is 12.3. The Morgan fingerprint density at radius 3 is 2.60 bits per heavy atom. The highest BCUT2D eigenvalue weighted by atomic mass is 32.3. The number of fused-ring (bicyclic) bond motifs is 1. The first-order valence-electron chi connectivity index (χ1n) is 15.3. The first-order valence-corrected chi connectivity index (χ1v) is 17.5. The Labute approximate surface area is 254 Å². The average Bonchev–Trinajstić information content (AvgIpc) is 3.58. The Morgan fingerprint density at radius 1 is 1.07 bits per heavy atom. The number of benzene rings is 1. The SMILES string of the molecule is CC1C=C(S(=O)(=O)N2CCN(Cc3cncn3C(C)c3ccc(F)cc3)CC2)SC(N2CC3CCCN3CC2C)=CC1. The zero-order chi connectivity index (χ0) is 29.4. The Bertz CT molecular complexity index is 1420. The van der Waals surface area contributed by atoms with Crippen LogP contribution < -0.4 is 0 Å². The van der Waals surface area contributed by atoms with Gasteiger partial charge in [0.15, 0.2) is 0 Å². The Kier molecular flexibility index (Phi) is 8.85. The highest BCUT2D eigenvalue weighted by Gasteiger charge is 2.38. The molecule has 0 radical (unpaired) electrons. The van der Waals surface area contributed by atoms with Crippen molar-refractivity contribution >= 4 is 21.8 Å². The molecule has 0 amide bonds. The summed E-state index contributed by atoms with van der Waals surface area (Å²) in [6.07, 6.45) is 11.3. The average molecular weight is 615 g/mol. The largest absolute Gasteiger partial charge is 0.361 e. The van der Waals surface area contributed by atoms with E-state index in [-0.39, 0.29) is 17.8 Å². The molecule has 228 valence electrons. The normalized spacial score (nSPS) is 27.3. The van der Waals surface area contributed by atoms with Gasteiger partial charge in [0.2, 0.25) is 10.0 Å². The molecular weight excluding hydrogens is 572 g/mol. The maximum absolute atomic E-state index is 14.0. The number of sulfonamides is 1. The van der Waals surface area contributed by atoms with Crippen molar-refractivity contribution in [1.82, 2.24) is 28.6 Å². The van der Waals surface area contributed by atoms with Gasteiger partial charge in [-0.15, -0.1) is 0 Å². The van der Waals surface area contributed by atoms with E-state index in [4.69, 9.17) is 0 Å². The van der Waals surface area contributed by atoms with Gasteiger partial charge in [0.25, 0.3) is 0 Å². The van der Waals surface area contributed by atoms with Crippen molar-refractivity contribution in [1.29, 1.82) is 0 Å². The van der Waals surface area contributed by atoms with Crippen LogP contribution in [0.15, 0.2) is 58.2 Å². The van der Waals surface area contributed by atoms with Crippen molar-refractivity contribution in [2.75, 3.05) is 45.8 Å². The van der Waals surface area contributed by atoms with Crippen LogP contribution in [0.1, 0.15) is 57.3 Å². The lowest BCUT2D eigenvalue weighted by Crippen LogP contribution is -2.54. The topological polar surface area (TPSA) is 64.9 Å². The van der Waals surface area contributed by atoms with Crippen molar-refractivity contribution in [3.63, 3.8) is 0 Å². The van der Waals surface area contributed by atoms with E-state index in [1.165, 1.54) is 43.3 Å². The summed E-state index contributed by atoms with van der Waals surface area (Å²) in [5, 5.41) is 1.11. The van der Waals surface area contributed by atoms with E-state index in [1.807, 2.05) is 30.7 Å². The predicted octanol–water partition coefficient (Wildman–Crippen LogP) is 4.70. The lowest BCUT2D eigenvalue weighted by atomic mass is 10.1. The molecule has 8 nitrogen and oxygen atoms in total. The van der Waals surface area contributed by atoms with E-state index in [2.05, 4.69) is 51.1 Å². The smallest absolute Gasteiger partial charge is 0.249 e. The van der Waals surface area contributed by atoms with Crippen LogP contribution in [0.4, 0.5) is 4.39 Å². The second kappa shape index (κ2) is 12.4. The number of allylic oxidation sites excluding steroid dienone is 2. The summed E-state index contributed by atoms with van der Waals surface area (Å²) in [6, 6.07) is 7.56. The van der Waals surface area contributed by atoms with Crippen LogP contribution in [0, 0.1) is 11.7 Å². The van der Waals surface area contributed by atoms with Crippen LogP contribution in [0.2, 0.25) is 0 Å². The van der Waals surface area contributed by atoms with Gasteiger partial charge in [0, 0.05) is 64.1 Å². The molecule has 4 aliphatic heterocycles. The molecule has 3 fully saturated rings. The van der Waals surface area contributed by atoms with Crippen LogP contribution in [0.5, 0.6) is 0 Å². The van der Waals surface area contributed by atoms with E-state index in [0.29, 0.717) is 49.0 Å². The molecule has 5 heterocycles. The fourth-order valence-corrected chi connectivity index (χ4v) is 10.1. The Balaban J connectivity index is 1.10. The molecule has 2 aromatic rings. The van der Waals surface area contributed by atoms with Crippen molar-refractivity contribution in [3.05, 3.63) is 75.3 Å². The fraction of sp³-hybridized carbons (Fsp3) is 0.581. The van der Waals surface area contributed by atoms with Gasteiger partial charge >= 0.3 is 0 Å². The minimum atomic E-state index is -3.59. The molecule has 0 bridgehead atoms. The van der Waals surface area contributed by atoms with Gasteiger partial charge in [-0.05, 0) is 63.3 Å². The molecule has 0 aliphatic carbocycles. The zero-order valence-corrected chi connectivity index (χ0v) is 26.5. The van der Waals surface area contributed by atoms with Crippen LogP contribution in [-0.2, 0) is 16.6 Å². The molecule has 1 aromatic carbocycles. The molecule has 42 heavy (non-hydrogen) atoms. The van der Waals surface area contributed by atoms with Crippen LogP contribution in [0.3, 0.4) is 0 Å². The second-order valence-corrected chi connectivity index (χ2v) is 15.6. The number of rotatable bonds is 7. The molecule has 6 rings (SSSR count). The minimum Gasteiger partial charge on any atom is -0.361 e. The summed E-state index contributed by atoms with van der Waals surface area (Å²) in [5.41, 5.74) is 2.08. The zero-order valence-electron chi connectivity index (χ0n) is 24.9. The lowest BCUT2D eigenvalue weighted by Gasteiger charge is -2.44. The van der Waals surface area contributed by atoms with Crippen molar-refractivity contribution in [2.45, 2.75) is 64.7 Å². The monoisotopic (exact) mass is 614 g/mol. The molecule has 0 spiro atoms. The van der Waals surface area contributed by atoms with Crippen LogP contribution in [0.25, 0.3) is 0 Å². The van der Waals surface area contributed by atoms with Gasteiger partial charge in [-0.3, -0.25) is 9.80 Å². The number of hydrogen-bond acceptors (Lipinski definition) is 7. The summed E-state index contributed by atoms with van der Waals surface area (Å²) in [4.78, 5) is 11.8. The number of hydrogen-bond donors (Lipinski definition) is 0. The summed E-state index contributed by atoms with van der Waals surface area (Å²) in [7, 11) is -3.59. The molecule has 1 aromatic heterocycles. The number of thioether (sulfide) groups is 1. The third-order valence-corrected chi connectivity index (χ3v) is 12.9. The molecule has 11 heteroatoms. The van der Waals surface area contributed by atoms with Gasteiger partial charge < -0.3 is 9.47 Å². The van der Waals surface area contributed by atoms with Crippen LogP contribution in [-0.4, -0.2) is 94.9 Å². The van der Waals surface area contributed by atoms with Crippen molar-refractivity contribution in [3.8, 4) is 0 Å². The van der Waals surface area contributed by atoms with E-state index >= 15 is 0 Å². The number of piperazine rings is 2. The van der Waals surface area contributed by atoms with E-state index in [1.54, 1.807) is 4.31 Å². The van der Waals surface area contributed by atoms with Crippen LogP contribution >= 0.6 is 11.8 Å². The predicted molar refractivity (Wildman–Crippen MR) is 167 cm³/mol. The van der Waals surface area contributed by atoms with Gasteiger partial charge in [-0.2, -0.15) is 4.31 Å². The number of imidazole rings is 1. The molecule has 4 atom stereocenters. The third kappa shape index (κ3) is 6.22. The van der Waals surface area contributed by atoms with E-state index in [9.17, 15) is 12.8 Å². The minimum absolute atomic E-state index is 0.0209. The summed E-state index contributed by atoms with van der Waals surface area (Å²) < 4.78 is 45.7. The summed E-state index contributed by atoms with van der Waals surface area (Å²) >= 11 is 1.46. The van der Waals surface area contributed by atoms with Gasteiger partial charge in [0.1, 0.15) is 10.1 Å². The van der Waals surface area contributed by atoms with Gasteiger partial charge in [-0.1, -0.05) is 43.0 Å². The molecule has 3 saturated heterocycles. The molecule has 4 aliphatic rings. The number of halogens is 1. The molecule has 0 N–H and O–H groups in total. The first kappa shape index (κ1) is 29.9. The van der Waals surface area contributed by atoms with Gasteiger partial charge in [0.05, 0.1) is 23.1 Å². The number of aromatic nitrogens is 2. The highest BCUT2D eigenvalue weighted by Crippen LogP contribution is 2.41. The van der Waals surface area contributed by atoms with Crippen molar-refractivity contribution in [2.24, 2.45) is 5.92 Å². The molecule has 4 unspecified atom stereocenters. The quantitative estimate of drug-likeness (QED) is 0.448. The maximum Gasteiger partial charge on any atom is 0.249 e. The maximum atomic E-state index is 14.0. The molecule has 0 saturated carbocycles. The summed E-state index contributed by atoms with van der Waals surface area (Å²) in [6.45, 7) is 12.6. The number of nitrogens with zero attached hydrogens (tertiary/aromatic N) is 6. The first-order chi connectivity index (χ1) is 20.2. The molecular formula is C31H43FN6O2S2. The highest BCUT2D eigenvalue weighted by molar-refractivity contribution is 8.20. The Morgan fingerprint density at radius 2 is 1.83 bits per heavy atom. The van der Waals surface area contributed by atoms with Gasteiger partial charge in [-0.25, -0.2) is 17.8 Å². The van der Waals surface area contributed by atoms with E-state index in [0.717, 1.165) is 35.8 Å². The third-order valence-electron chi connectivity index (χ3n) is 9.34. The van der Waals surface area contributed by atoms with E-state index < -0.39 is 10.0 Å². The summed E-state index contributed by atoms with van der Waals surface area (Å²) in [5.74, 6) is -0.0710. The Hall–Kier alpha value is -2.18. The van der Waals surface area contributed by atoms with Crippen molar-refractivity contribution < 1.29 is 12.8 Å². The lowest BCUT2D eigenvalue weighted by molar-refractivity contribution is 0.0913. The standard InChI is InChI=1S/C31H43FN6O2S2/c1-23-6-11-30(37-21-28-5-4-12-35(28)19-24(37)2)41-31(17-23)42(39,40)36-15-13-34(14-16-36)20-29-18-33-22-38(29)25(3)26-7-9-27(32)10-8-26/h7-11,17-18,22-25,28H,4-6,12-16,19-21H2,1-3H3.